The van der Waals surface area contributed by atoms with Gasteiger partial charge in [0, 0.05) is 44.9 Å². The summed E-state index contributed by atoms with van der Waals surface area (Å²) < 4.78 is 17.8. The van der Waals surface area contributed by atoms with Crippen molar-refractivity contribution in [1.29, 1.82) is 5.26 Å². The van der Waals surface area contributed by atoms with Crippen molar-refractivity contribution in [2.45, 2.75) is 46.4 Å². The molecular weight excluding hydrogens is 764 g/mol. The lowest BCUT2D eigenvalue weighted by molar-refractivity contribution is -0.127. The highest BCUT2D eigenvalue weighted by Gasteiger charge is 2.20. The summed E-state index contributed by atoms with van der Waals surface area (Å²) in [5.41, 5.74) is 6.99. The van der Waals surface area contributed by atoms with Crippen LogP contribution < -0.4 is 14.2 Å². The molecular formula is C44H44BrClN4O4. The Hall–Kier alpha value is -5.14. The number of piperazine rings is 1. The van der Waals surface area contributed by atoms with Gasteiger partial charge in [-0.1, -0.05) is 74.0 Å². The Morgan fingerprint density at radius 1 is 0.852 bits per heavy atom. The topological polar surface area (TPSA) is 87.9 Å². The largest absolute Gasteiger partial charge is 0.489 e. The lowest BCUT2D eigenvalue weighted by atomic mass is 10.0. The predicted molar refractivity (Wildman–Crippen MR) is 219 cm³/mol. The van der Waals surface area contributed by atoms with Crippen molar-refractivity contribution >= 4 is 40.6 Å². The average molecular weight is 808 g/mol. The van der Waals surface area contributed by atoms with Crippen molar-refractivity contribution in [3.63, 3.8) is 0 Å². The number of benzene rings is 4. The molecule has 1 saturated heterocycles. The van der Waals surface area contributed by atoms with Crippen molar-refractivity contribution in [2.75, 3.05) is 26.2 Å². The molecule has 1 fully saturated rings. The van der Waals surface area contributed by atoms with Crippen LogP contribution in [-0.2, 0) is 24.6 Å². The number of nitrogens with zero attached hydrogens (tertiary/aromatic N) is 4. The van der Waals surface area contributed by atoms with Crippen molar-refractivity contribution in [2.24, 2.45) is 0 Å². The SMILES string of the molecule is Br.Cc1cc(Oc2ccc(OCc3ccc(C#N)cc3)cn2)c(Cl)cc1C=CC(=O)N1CCN(Cc2ccc(COc3ccc(C(C)C)cc3)cc2)CC1. The van der Waals surface area contributed by atoms with Crippen LogP contribution in [0.3, 0.4) is 0 Å². The molecule has 8 nitrogen and oxygen atoms in total. The van der Waals surface area contributed by atoms with E-state index in [1.807, 2.05) is 48.2 Å². The fourth-order valence-electron chi connectivity index (χ4n) is 5.90. The number of nitriles is 1. The van der Waals surface area contributed by atoms with Gasteiger partial charge in [0.1, 0.15) is 30.5 Å². The maximum atomic E-state index is 13.1. The van der Waals surface area contributed by atoms with Crippen LogP contribution in [0.1, 0.15) is 58.7 Å². The molecule has 2 heterocycles. The second kappa shape index (κ2) is 19.3. The Bertz CT molecular complexity index is 2060. The van der Waals surface area contributed by atoms with E-state index < -0.39 is 0 Å². The number of hydrogen-bond donors (Lipinski definition) is 0. The van der Waals surface area contributed by atoms with Gasteiger partial charge in [-0.05, 0) is 94.8 Å². The molecule has 54 heavy (non-hydrogen) atoms. The first kappa shape index (κ1) is 40.1. The van der Waals surface area contributed by atoms with Gasteiger partial charge in [-0.3, -0.25) is 9.69 Å². The molecule has 1 aromatic heterocycles. The van der Waals surface area contributed by atoms with Crippen molar-refractivity contribution < 1.29 is 19.0 Å². The first-order valence-electron chi connectivity index (χ1n) is 17.8. The van der Waals surface area contributed by atoms with E-state index >= 15 is 0 Å². The van der Waals surface area contributed by atoms with E-state index in [0.29, 0.717) is 60.2 Å². The molecule has 278 valence electrons. The summed E-state index contributed by atoms with van der Waals surface area (Å²) in [6.07, 6.45) is 5.02. The summed E-state index contributed by atoms with van der Waals surface area (Å²) in [6.45, 7) is 11.0. The zero-order valence-electron chi connectivity index (χ0n) is 30.7. The van der Waals surface area contributed by atoms with Crippen molar-refractivity contribution in [3.05, 3.63) is 153 Å². The molecule has 0 spiro atoms. The molecule has 1 amide bonds. The second-order valence-corrected chi connectivity index (χ2v) is 13.8. The maximum Gasteiger partial charge on any atom is 0.246 e. The molecule has 1 aliphatic heterocycles. The number of halogens is 2. The van der Waals surface area contributed by atoms with Crippen LogP contribution in [-0.4, -0.2) is 46.9 Å². The van der Waals surface area contributed by atoms with E-state index in [1.54, 1.807) is 42.6 Å². The van der Waals surface area contributed by atoms with Crippen LogP contribution >= 0.6 is 28.6 Å². The lowest BCUT2D eigenvalue weighted by Crippen LogP contribution is -2.47. The molecule has 4 aromatic carbocycles. The van der Waals surface area contributed by atoms with Crippen molar-refractivity contribution in [3.8, 4) is 29.2 Å². The standard InChI is InChI=1S/C44H43ClN4O4.BrH/c1-31(2)37-12-15-39(16-13-37)51-29-36-10-6-34(7-11-36)28-48-20-22-49(23-21-48)44(50)19-14-38-25-41(45)42(24-32(38)3)53-43-18-17-40(27-47-43)52-30-35-8-4-33(26-46)5-9-35;/h4-19,24-25,27,31H,20-23,28-30H2,1-3H3;1H. The summed E-state index contributed by atoms with van der Waals surface area (Å²) in [7, 11) is 0. The molecule has 0 bridgehead atoms. The maximum absolute atomic E-state index is 13.1. The first-order chi connectivity index (χ1) is 25.7. The van der Waals surface area contributed by atoms with Gasteiger partial charge < -0.3 is 19.1 Å². The monoisotopic (exact) mass is 806 g/mol. The molecule has 0 saturated carbocycles. The molecule has 0 radical (unpaired) electrons. The molecule has 5 aromatic rings. The Balaban J connectivity index is 0.00000561. The molecule has 0 aliphatic carbocycles. The van der Waals surface area contributed by atoms with E-state index in [1.165, 1.54) is 11.1 Å². The smallest absolute Gasteiger partial charge is 0.246 e. The first-order valence-corrected chi connectivity index (χ1v) is 18.2. The second-order valence-electron chi connectivity index (χ2n) is 13.4. The quantitative estimate of drug-likeness (QED) is 0.110. The summed E-state index contributed by atoms with van der Waals surface area (Å²) in [5, 5.41) is 9.37. The fraction of sp³-hybridized carbons (Fsp3) is 0.250. The number of ether oxygens (including phenoxy) is 3. The number of amides is 1. The minimum Gasteiger partial charge on any atom is -0.489 e. The molecule has 6 rings (SSSR count). The predicted octanol–water partition coefficient (Wildman–Crippen LogP) is 9.92. The molecule has 10 heteroatoms. The van der Waals surface area contributed by atoms with E-state index in [0.717, 1.165) is 47.6 Å². The number of aryl methyl sites for hydroxylation is 1. The van der Waals surface area contributed by atoms with E-state index in [-0.39, 0.29) is 22.9 Å². The highest BCUT2D eigenvalue weighted by atomic mass is 79.9. The van der Waals surface area contributed by atoms with Crippen molar-refractivity contribution in [1.82, 2.24) is 14.8 Å². The normalized spacial score (nSPS) is 13.0. The minimum absolute atomic E-state index is 0. The van der Waals surface area contributed by atoms with Crippen LogP contribution in [0, 0.1) is 18.3 Å². The summed E-state index contributed by atoms with van der Waals surface area (Å²) in [6, 6.07) is 33.4. The van der Waals surface area contributed by atoms with E-state index in [2.05, 4.69) is 66.2 Å². The van der Waals surface area contributed by atoms with Crippen LogP contribution in [0.15, 0.2) is 109 Å². The van der Waals surface area contributed by atoms with Crippen LogP contribution in [0.25, 0.3) is 6.08 Å². The highest BCUT2D eigenvalue weighted by Crippen LogP contribution is 2.32. The van der Waals surface area contributed by atoms with Gasteiger partial charge in [-0.15, -0.1) is 17.0 Å². The minimum atomic E-state index is -0.0191. The van der Waals surface area contributed by atoms with Gasteiger partial charge in [-0.25, -0.2) is 4.98 Å². The zero-order valence-corrected chi connectivity index (χ0v) is 33.2. The molecule has 0 atom stereocenters. The van der Waals surface area contributed by atoms with Crippen LogP contribution in [0.4, 0.5) is 0 Å². The van der Waals surface area contributed by atoms with E-state index in [4.69, 9.17) is 31.1 Å². The van der Waals surface area contributed by atoms with Gasteiger partial charge in [0.2, 0.25) is 11.8 Å². The van der Waals surface area contributed by atoms with Gasteiger partial charge in [-0.2, -0.15) is 5.26 Å². The third-order valence-corrected chi connectivity index (χ3v) is 9.50. The number of pyridine rings is 1. The summed E-state index contributed by atoms with van der Waals surface area (Å²) in [4.78, 5) is 21.7. The Morgan fingerprint density at radius 2 is 1.46 bits per heavy atom. The molecule has 0 unspecified atom stereocenters. The molecule has 1 aliphatic rings. The highest BCUT2D eigenvalue weighted by molar-refractivity contribution is 8.93. The van der Waals surface area contributed by atoms with Crippen LogP contribution in [0.2, 0.25) is 5.02 Å². The zero-order chi connectivity index (χ0) is 37.2. The lowest BCUT2D eigenvalue weighted by Gasteiger charge is -2.34. The summed E-state index contributed by atoms with van der Waals surface area (Å²) >= 11 is 6.59. The van der Waals surface area contributed by atoms with Gasteiger partial charge in [0.25, 0.3) is 0 Å². The Morgan fingerprint density at radius 3 is 2.07 bits per heavy atom. The number of aromatic nitrogens is 1. The third-order valence-electron chi connectivity index (χ3n) is 9.20. The van der Waals surface area contributed by atoms with Gasteiger partial charge in [0.15, 0.2) is 0 Å². The fourth-order valence-corrected chi connectivity index (χ4v) is 6.11. The van der Waals surface area contributed by atoms with Gasteiger partial charge >= 0.3 is 0 Å². The molecule has 0 N–H and O–H groups in total. The number of carbonyl (C=O) groups is 1. The van der Waals surface area contributed by atoms with Gasteiger partial charge in [0.05, 0.1) is 22.9 Å². The van der Waals surface area contributed by atoms with Crippen LogP contribution in [0.5, 0.6) is 23.1 Å². The Labute approximate surface area is 333 Å². The summed E-state index contributed by atoms with van der Waals surface area (Å²) in [5.74, 6) is 2.80. The number of carbonyl (C=O) groups excluding carboxylic acids is 1. The average Bonchev–Trinajstić information content (AvgIpc) is 3.18. The Kier molecular flexibility index (Phi) is 14.3. The number of rotatable bonds is 13. The number of hydrogen-bond acceptors (Lipinski definition) is 7. The third kappa shape index (κ3) is 11.2. The van der Waals surface area contributed by atoms with E-state index in [9.17, 15) is 4.79 Å².